The molecule has 3 fully saturated rings. The molecule has 9 atom stereocenters. The second-order valence-electron chi connectivity index (χ2n) is 13.7. The molecule has 0 aromatic rings. The monoisotopic (exact) mass is 465 g/mol. The molecule has 3 nitrogen and oxygen atoms in total. The topological polar surface area (TPSA) is 57.9 Å². The smallest absolute Gasteiger partial charge is 0.178 e. The number of nitriles is 1. The minimum atomic E-state index is -1.25. The van der Waals surface area contributed by atoms with E-state index in [1.165, 1.54) is 0 Å². The van der Waals surface area contributed by atoms with Crippen molar-refractivity contribution >= 4 is 11.6 Å². The number of ketones is 2. The Morgan fingerprint density at radius 3 is 2.32 bits per heavy atom. The molecule has 0 unspecified atom stereocenters. The number of carbonyl (C=O) groups is 2. The van der Waals surface area contributed by atoms with Gasteiger partial charge in [0, 0.05) is 22.7 Å². The van der Waals surface area contributed by atoms with Gasteiger partial charge in [0.2, 0.25) is 0 Å². The molecule has 34 heavy (non-hydrogen) atoms. The Kier molecular flexibility index (Phi) is 4.88. The molecule has 4 heteroatoms. The molecule has 5 aliphatic carbocycles. The Balaban J connectivity index is 1.71. The van der Waals surface area contributed by atoms with Crippen LogP contribution < -0.4 is 0 Å². The van der Waals surface area contributed by atoms with Crippen molar-refractivity contribution in [2.75, 3.05) is 0 Å². The Bertz CT molecular complexity index is 1080. The number of allylic oxidation sites excluding steroid dienone is 4. The van der Waals surface area contributed by atoms with E-state index in [0.717, 1.165) is 24.8 Å². The third-order valence-electron chi connectivity index (χ3n) is 12.1. The van der Waals surface area contributed by atoms with Crippen LogP contribution in [0.1, 0.15) is 87.0 Å². The number of rotatable bonds is 0. The Labute approximate surface area is 204 Å². The fourth-order valence-electron chi connectivity index (χ4n) is 9.78. The number of Topliss-reactive ketones (excluding diaryl/α,β-unsaturated/α-hetero) is 1. The van der Waals surface area contributed by atoms with Gasteiger partial charge in [0.15, 0.2) is 11.6 Å². The summed E-state index contributed by atoms with van der Waals surface area (Å²) in [6, 6.07) is 2.16. The van der Waals surface area contributed by atoms with Gasteiger partial charge in [0.1, 0.15) is 11.7 Å². The van der Waals surface area contributed by atoms with Gasteiger partial charge in [-0.25, -0.2) is 4.39 Å². The largest absolute Gasteiger partial charge is 0.295 e. The standard InChI is InChI=1S/C30H40FNO2/c1-17-8-11-30(31)13-12-29(7)24(23(30)18(17)2)20(33)14-22-27(5)15-19(16-32)25(34)26(3,4)21(27)9-10-28(22,29)6/h14-15,17-18,21,23-24H,8-13H2,1-7H3/t17-,18+,21+,23+,24-,27+,28-,29-,30+/m1/s1. The lowest BCUT2D eigenvalue weighted by Gasteiger charge is -2.68. The number of carbonyl (C=O) groups excluding carboxylic acids is 2. The maximum Gasteiger partial charge on any atom is 0.178 e. The van der Waals surface area contributed by atoms with Crippen molar-refractivity contribution in [3.8, 4) is 6.07 Å². The van der Waals surface area contributed by atoms with E-state index in [2.05, 4.69) is 40.7 Å². The number of fused-ring (bicyclic) bond motifs is 7. The highest BCUT2D eigenvalue weighted by Crippen LogP contribution is 2.73. The fourth-order valence-corrected chi connectivity index (χ4v) is 9.78. The number of hydrogen-bond donors (Lipinski definition) is 0. The van der Waals surface area contributed by atoms with Gasteiger partial charge in [-0.15, -0.1) is 0 Å². The summed E-state index contributed by atoms with van der Waals surface area (Å²) in [5.41, 5.74) is -1.75. The minimum absolute atomic E-state index is 0.0364. The van der Waals surface area contributed by atoms with Crippen LogP contribution in [-0.2, 0) is 9.59 Å². The van der Waals surface area contributed by atoms with Gasteiger partial charge in [0.25, 0.3) is 0 Å². The van der Waals surface area contributed by atoms with E-state index in [1.807, 2.05) is 26.0 Å². The maximum absolute atomic E-state index is 16.4. The van der Waals surface area contributed by atoms with Crippen LogP contribution in [0, 0.1) is 62.6 Å². The van der Waals surface area contributed by atoms with Crippen LogP contribution in [-0.4, -0.2) is 17.2 Å². The molecule has 0 bridgehead atoms. The lowest BCUT2D eigenvalue weighted by atomic mass is 9.35. The van der Waals surface area contributed by atoms with Gasteiger partial charge >= 0.3 is 0 Å². The van der Waals surface area contributed by atoms with Crippen molar-refractivity contribution in [3.05, 3.63) is 23.3 Å². The van der Waals surface area contributed by atoms with E-state index in [1.54, 1.807) is 0 Å². The third kappa shape index (κ3) is 2.63. The first kappa shape index (κ1) is 24.0. The molecule has 184 valence electrons. The first-order valence-corrected chi connectivity index (χ1v) is 13.3. The average Bonchev–Trinajstić information content (AvgIpc) is 2.76. The number of nitrogens with zero attached hydrogens (tertiary/aromatic N) is 1. The van der Waals surface area contributed by atoms with Crippen LogP contribution in [0.15, 0.2) is 23.3 Å². The lowest BCUT2D eigenvalue weighted by Crippen LogP contribution is -2.66. The van der Waals surface area contributed by atoms with Crippen molar-refractivity contribution < 1.29 is 14.0 Å². The molecule has 0 aromatic carbocycles. The number of alkyl halides is 1. The van der Waals surface area contributed by atoms with Crippen molar-refractivity contribution in [2.45, 2.75) is 92.7 Å². The summed E-state index contributed by atoms with van der Waals surface area (Å²) < 4.78 is 16.4. The summed E-state index contributed by atoms with van der Waals surface area (Å²) in [6.45, 7) is 15.0. The molecule has 0 spiro atoms. The maximum atomic E-state index is 16.4. The second kappa shape index (κ2) is 6.92. The highest BCUT2D eigenvalue weighted by molar-refractivity contribution is 6.04. The third-order valence-corrected chi connectivity index (χ3v) is 12.1. The van der Waals surface area contributed by atoms with Crippen LogP contribution in [0.2, 0.25) is 0 Å². The van der Waals surface area contributed by atoms with Gasteiger partial charge < -0.3 is 0 Å². The molecule has 0 amide bonds. The zero-order valence-corrected chi connectivity index (χ0v) is 21.9. The minimum Gasteiger partial charge on any atom is -0.295 e. The van der Waals surface area contributed by atoms with E-state index in [-0.39, 0.29) is 51.6 Å². The van der Waals surface area contributed by atoms with Crippen molar-refractivity contribution in [1.82, 2.24) is 0 Å². The summed E-state index contributed by atoms with van der Waals surface area (Å²) in [5.74, 6) is 0.0712. The SMILES string of the molecule is C[C@@H]1[C@H]2[C@H]3C(=O)C=C4[C@@]5(C)C=C(C#N)C(=O)C(C)(C)[C@@H]5CC[C@@]4(C)[C@]3(C)CC[C@@]2(F)CC[C@H]1C. The van der Waals surface area contributed by atoms with E-state index >= 15 is 4.39 Å². The Morgan fingerprint density at radius 1 is 1.00 bits per heavy atom. The highest BCUT2D eigenvalue weighted by atomic mass is 19.1. The van der Waals surface area contributed by atoms with E-state index in [9.17, 15) is 14.9 Å². The summed E-state index contributed by atoms with van der Waals surface area (Å²) in [7, 11) is 0. The van der Waals surface area contributed by atoms with Gasteiger partial charge in [-0.2, -0.15) is 5.26 Å². The van der Waals surface area contributed by atoms with Crippen LogP contribution >= 0.6 is 0 Å². The molecule has 5 rings (SSSR count). The molecule has 3 saturated carbocycles. The normalized spacial score (nSPS) is 51.7. The summed E-state index contributed by atoms with van der Waals surface area (Å²) >= 11 is 0. The number of halogens is 1. The molecule has 0 aromatic heterocycles. The van der Waals surface area contributed by atoms with Gasteiger partial charge in [0.05, 0.1) is 5.57 Å². The molecular formula is C30H40FNO2. The van der Waals surface area contributed by atoms with Gasteiger partial charge in [-0.1, -0.05) is 60.1 Å². The lowest BCUT2D eigenvalue weighted by molar-refractivity contribution is -0.181. The average molecular weight is 466 g/mol. The van der Waals surface area contributed by atoms with E-state index in [0.29, 0.717) is 25.2 Å². The zero-order chi connectivity index (χ0) is 25.1. The van der Waals surface area contributed by atoms with Crippen LogP contribution in [0.3, 0.4) is 0 Å². The molecular weight excluding hydrogens is 425 g/mol. The molecule has 0 N–H and O–H groups in total. The first-order valence-electron chi connectivity index (χ1n) is 13.3. The molecule has 5 aliphatic rings. The zero-order valence-electron chi connectivity index (χ0n) is 21.9. The molecule has 0 heterocycles. The Hall–Kier alpha value is -1.76. The molecule has 0 radical (unpaired) electrons. The summed E-state index contributed by atoms with van der Waals surface area (Å²) in [4.78, 5) is 27.2. The predicted molar refractivity (Wildman–Crippen MR) is 130 cm³/mol. The van der Waals surface area contributed by atoms with Crippen molar-refractivity contribution in [2.24, 2.45) is 51.2 Å². The van der Waals surface area contributed by atoms with Gasteiger partial charge in [-0.05, 0) is 73.2 Å². The number of hydrogen-bond acceptors (Lipinski definition) is 3. The summed E-state index contributed by atoms with van der Waals surface area (Å²) in [5, 5.41) is 9.79. The predicted octanol–water partition coefficient (Wildman–Crippen LogP) is 6.78. The quantitative estimate of drug-likeness (QED) is 0.396. The van der Waals surface area contributed by atoms with Crippen molar-refractivity contribution in [3.63, 3.8) is 0 Å². The highest BCUT2D eigenvalue weighted by Gasteiger charge is 2.70. The van der Waals surface area contributed by atoms with Crippen LogP contribution in [0.4, 0.5) is 4.39 Å². The fraction of sp³-hybridized carbons (Fsp3) is 0.767. The van der Waals surface area contributed by atoms with E-state index in [4.69, 9.17) is 0 Å². The van der Waals surface area contributed by atoms with Crippen LogP contribution in [0.5, 0.6) is 0 Å². The van der Waals surface area contributed by atoms with Crippen molar-refractivity contribution in [1.29, 1.82) is 5.26 Å². The van der Waals surface area contributed by atoms with E-state index < -0.39 is 16.5 Å². The Morgan fingerprint density at radius 2 is 1.68 bits per heavy atom. The first-order chi connectivity index (χ1) is 15.7. The van der Waals surface area contributed by atoms with Gasteiger partial charge in [-0.3, -0.25) is 9.59 Å². The van der Waals surface area contributed by atoms with Crippen LogP contribution in [0.25, 0.3) is 0 Å². The summed E-state index contributed by atoms with van der Waals surface area (Å²) in [6.07, 6.45) is 8.20. The molecule has 0 saturated heterocycles. The second-order valence-corrected chi connectivity index (χ2v) is 13.7. The molecule has 0 aliphatic heterocycles.